The number of aromatic amines is 1. The number of aromatic nitrogens is 4. The number of hydrogen-bond donors (Lipinski definition) is 5. The molecule has 3 heterocycles. The Hall–Kier alpha value is -2.85. The summed E-state index contributed by atoms with van der Waals surface area (Å²) >= 11 is 1.63. The highest BCUT2D eigenvalue weighted by Crippen LogP contribution is 2.19. The molecule has 0 aromatic carbocycles. The molecule has 0 spiro atoms. The number of nitrogen functional groups attached to an aromatic ring is 1. The number of rotatable bonds is 9. The molecular formula is C17H22N8OS. The molecular weight excluding hydrogens is 364 g/mol. The Labute approximate surface area is 161 Å². The highest BCUT2D eigenvalue weighted by atomic mass is 32.2. The second kappa shape index (κ2) is 9.19. The van der Waals surface area contributed by atoms with Crippen LogP contribution in [0.15, 0.2) is 29.6 Å². The third-order valence-corrected chi connectivity index (χ3v) is 4.65. The van der Waals surface area contributed by atoms with E-state index in [4.69, 9.17) is 15.9 Å². The minimum Gasteiger partial charge on any atom is -0.383 e. The van der Waals surface area contributed by atoms with Gasteiger partial charge in [0.1, 0.15) is 0 Å². The Morgan fingerprint density at radius 1 is 1.48 bits per heavy atom. The summed E-state index contributed by atoms with van der Waals surface area (Å²) in [5.41, 5.74) is 8.06. The summed E-state index contributed by atoms with van der Waals surface area (Å²) in [5.74, 6) is 0.787. The van der Waals surface area contributed by atoms with Crippen LogP contribution in [0.3, 0.4) is 0 Å². The van der Waals surface area contributed by atoms with Crippen LogP contribution in [0.4, 0.5) is 11.6 Å². The molecule has 0 atom stereocenters. The highest BCUT2D eigenvalue weighted by molar-refractivity contribution is 7.98. The molecule has 0 amide bonds. The third kappa shape index (κ3) is 4.86. The SMILES string of the molecule is CSc1cn[nH]c1/C=C/CNc1nc(/C(C=N)=C/NC2COC2)cnc1N. The Balaban J connectivity index is 1.64. The first-order valence-electron chi connectivity index (χ1n) is 8.36. The fourth-order valence-corrected chi connectivity index (χ4v) is 2.79. The molecule has 1 fully saturated rings. The largest absolute Gasteiger partial charge is 0.383 e. The highest BCUT2D eigenvalue weighted by Gasteiger charge is 2.16. The molecule has 1 aliphatic heterocycles. The summed E-state index contributed by atoms with van der Waals surface area (Å²) in [6.45, 7) is 1.86. The van der Waals surface area contributed by atoms with Gasteiger partial charge < -0.3 is 26.5 Å². The Morgan fingerprint density at radius 2 is 2.33 bits per heavy atom. The van der Waals surface area contributed by atoms with Crippen LogP contribution in [0.25, 0.3) is 11.6 Å². The van der Waals surface area contributed by atoms with Crippen LogP contribution in [0.5, 0.6) is 0 Å². The maximum atomic E-state index is 7.62. The third-order valence-electron chi connectivity index (χ3n) is 3.89. The number of nitrogens with one attached hydrogen (secondary N) is 4. The van der Waals surface area contributed by atoms with Gasteiger partial charge in [0.05, 0.1) is 47.9 Å². The first-order chi connectivity index (χ1) is 13.2. The normalized spacial score (nSPS) is 14.9. The van der Waals surface area contributed by atoms with Crippen molar-refractivity contribution in [2.75, 3.05) is 37.1 Å². The van der Waals surface area contributed by atoms with E-state index in [0.717, 1.165) is 10.6 Å². The van der Waals surface area contributed by atoms with E-state index in [2.05, 4.69) is 30.8 Å². The van der Waals surface area contributed by atoms with Crippen LogP contribution < -0.4 is 16.4 Å². The molecule has 0 unspecified atom stereocenters. The van der Waals surface area contributed by atoms with Crippen molar-refractivity contribution in [3.63, 3.8) is 0 Å². The van der Waals surface area contributed by atoms with Crippen LogP contribution in [-0.2, 0) is 4.74 Å². The van der Waals surface area contributed by atoms with Gasteiger partial charge in [-0.3, -0.25) is 5.10 Å². The monoisotopic (exact) mass is 386 g/mol. The number of nitrogens with zero attached hydrogens (tertiary/aromatic N) is 3. The predicted molar refractivity (Wildman–Crippen MR) is 109 cm³/mol. The van der Waals surface area contributed by atoms with Crippen molar-refractivity contribution in [3.8, 4) is 0 Å². The van der Waals surface area contributed by atoms with Gasteiger partial charge in [-0.25, -0.2) is 9.97 Å². The zero-order valence-electron chi connectivity index (χ0n) is 14.9. The van der Waals surface area contributed by atoms with E-state index in [1.807, 2.05) is 18.4 Å². The number of anilines is 2. The molecule has 1 aliphatic rings. The van der Waals surface area contributed by atoms with Crippen molar-refractivity contribution in [2.24, 2.45) is 0 Å². The average molecular weight is 386 g/mol. The van der Waals surface area contributed by atoms with Crippen molar-refractivity contribution >= 4 is 41.3 Å². The van der Waals surface area contributed by atoms with Crippen LogP contribution in [0.1, 0.15) is 11.4 Å². The van der Waals surface area contributed by atoms with Gasteiger partial charge in [-0.15, -0.1) is 11.8 Å². The number of allylic oxidation sites excluding steroid dienone is 1. The molecule has 9 nitrogen and oxygen atoms in total. The number of H-pyrrole nitrogens is 1. The molecule has 1 saturated heterocycles. The number of hydrogen-bond acceptors (Lipinski definition) is 9. The Bertz CT molecular complexity index is 843. The van der Waals surface area contributed by atoms with E-state index in [9.17, 15) is 0 Å². The van der Waals surface area contributed by atoms with Crippen molar-refractivity contribution in [1.82, 2.24) is 25.5 Å². The minimum atomic E-state index is 0.276. The fourth-order valence-electron chi connectivity index (χ4n) is 2.30. The van der Waals surface area contributed by atoms with Crippen molar-refractivity contribution in [1.29, 1.82) is 5.41 Å². The van der Waals surface area contributed by atoms with E-state index < -0.39 is 0 Å². The summed E-state index contributed by atoms with van der Waals surface area (Å²) in [4.78, 5) is 9.74. The van der Waals surface area contributed by atoms with E-state index in [1.165, 1.54) is 6.21 Å². The molecule has 0 bridgehead atoms. The number of thioether (sulfide) groups is 1. The first-order valence-corrected chi connectivity index (χ1v) is 9.59. The second-order valence-electron chi connectivity index (χ2n) is 5.77. The lowest BCUT2D eigenvalue weighted by atomic mass is 10.2. The van der Waals surface area contributed by atoms with Crippen molar-refractivity contribution in [3.05, 3.63) is 36.1 Å². The lowest BCUT2D eigenvalue weighted by Gasteiger charge is -2.26. The van der Waals surface area contributed by atoms with Crippen molar-refractivity contribution in [2.45, 2.75) is 10.9 Å². The maximum Gasteiger partial charge on any atom is 0.169 e. The zero-order valence-corrected chi connectivity index (χ0v) is 15.7. The van der Waals surface area contributed by atoms with E-state index >= 15 is 0 Å². The molecule has 0 saturated carbocycles. The minimum absolute atomic E-state index is 0.276. The van der Waals surface area contributed by atoms with Gasteiger partial charge in [0.2, 0.25) is 0 Å². The molecule has 2 aromatic rings. The fraction of sp³-hybridized carbons (Fsp3) is 0.294. The molecule has 0 aliphatic carbocycles. The molecule has 2 aromatic heterocycles. The van der Waals surface area contributed by atoms with Gasteiger partial charge in [-0.05, 0) is 12.3 Å². The first kappa shape index (κ1) is 18.9. The van der Waals surface area contributed by atoms with E-state index in [-0.39, 0.29) is 6.04 Å². The Kier molecular flexibility index (Phi) is 6.44. The second-order valence-corrected chi connectivity index (χ2v) is 6.62. The van der Waals surface area contributed by atoms with E-state index in [0.29, 0.717) is 42.7 Å². The molecule has 27 heavy (non-hydrogen) atoms. The van der Waals surface area contributed by atoms with Gasteiger partial charge in [-0.2, -0.15) is 5.10 Å². The standard InChI is InChI=1S/C17H22N8OS/c1-27-15-8-23-25-13(15)3-2-4-20-17-16(19)22-7-14(24-17)11(5-18)6-21-12-9-26-10-12/h2-3,5-8,12,18,21H,4,9-10H2,1H3,(H2,19,22)(H,20,24)(H,23,25)/b3-2+,11-6+,18-5?. The van der Waals surface area contributed by atoms with Gasteiger partial charge >= 0.3 is 0 Å². The zero-order chi connectivity index (χ0) is 19.1. The summed E-state index contributed by atoms with van der Waals surface area (Å²) < 4.78 is 5.12. The number of ether oxygens (including phenoxy) is 1. The van der Waals surface area contributed by atoms with Gasteiger partial charge in [-0.1, -0.05) is 6.08 Å². The molecule has 10 heteroatoms. The average Bonchev–Trinajstić information content (AvgIpc) is 3.10. The quantitative estimate of drug-likeness (QED) is 0.324. The Morgan fingerprint density at radius 3 is 3.04 bits per heavy atom. The maximum absolute atomic E-state index is 7.62. The van der Waals surface area contributed by atoms with Crippen LogP contribution in [0.2, 0.25) is 0 Å². The summed E-state index contributed by atoms with van der Waals surface area (Å²) in [6.07, 6.45) is 12.2. The van der Waals surface area contributed by atoms with E-state index in [1.54, 1.807) is 30.4 Å². The topological polar surface area (TPSA) is 138 Å². The molecule has 3 rings (SSSR count). The molecule has 6 N–H and O–H groups in total. The van der Waals surface area contributed by atoms with Crippen LogP contribution >= 0.6 is 11.8 Å². The molecule has 0 radical (unpaired) electrons. The molecule has 142 valence electrons. The lowest BCUT2D eigenvalue weighted by molar-refractivity contribution is 0.000843. The predicted octanol–water partition coefficient (Wildman–Crippen LogP) is 1.61. The van der Waals surface area contributed by atoms with Gasteiger partial charge in [0.25, 0.3) is 0 Å². The van der Waals surface area contributed by atoms with Gasteiger partial charge in [0.15, 0.2) is 11.6 Å². The van der Waals surface area contributed by atoms with Gasteiger partial charge in [0, 0.05) is 24.5 Å². The summed E-state index contributed by atoms with van der Waals surface area (Å²) in [5, 5.41) is 20.9. The number of nitrogens with two attached hydrogens (primary N) is 1. The summed E-state index contributed by atoms with van der Waals surface area (Å²) in [7, 11) is 0. The summed E-state index contributed by atoms with van der Waals surface area (Å²) in [6, 6.07) is 0.276. The van der Waals surface area contributed by atoms with Crippen LogP contribution in [0, 0.1) is 5.41 Å². The van der Waals surface area contributed by atoms with Crippen molar-refractivity contribution < 1.29 is 4.74 Å². The van der Waals surface area contributed by atoms with Crippen LogP contribution in [-0.4, -0.2) is 58.4 Å². The lowest BCUT2D eigenvalue weighted by Crippen LogP contribution is -2.43. The smallest absolute Gasteiger partial charge is 0.169 e.